The molecule has 0 radical (unpaired) electrons. The highest BCUT2D eigenvalue weighted by atomic mass is 16.5. The molecule has 0 bridgehead atoms. The number of rotatable bonds is 5. The molecule has 2 rings (SSSR count). The third-order valence-electron chi connectivity index (χ3n) is 4.24. The fraction of sp³-hybridized carbons (Fsp3) is 0.647. The van der Waals surface area contributed by atoms with Crippen LogP contribution in [-0.2, 0) is 0 Å². The number of hydrogen-bond acceptors (Lipinski definition) is 2. The minimum Gasteiger partial charge on any atom is -0.497 e. The van der Waals surface area contributed by atoms with Gasteiger partial charge >= 0.3 is 0 Å². The van der Waals surface area contributed by atoms with Crippen LogP contribution >= 0.6 is 0 Å². The summed E-state index contributed by atoms with van der Waals surface area (Å²) in [6.07, 6.45) is 5.44. The molecule has 0 aromatic heterocycles. The molecule has 1 aliphatic carbocycles. The average Bonchev–Trinajstić information content (AvgIpc) is 2.45. The second-order valence-electron chi connectivity index (χ2n) is 5.99. The van der Waals surface area contributed by atoms with E-state index >= 15 is 0 Å². The summed E-state index contributed by atoms with van der Waals surface area (Å²) >= 11 is 0. The Morgan fingerprint density at radius 2 is 1.84 bits per heavy atom. The summed E-state index contributed by atoms with van der Waals surface area (Å²) in [4.78, 5) is 0. The van der Waals surface area contributed by atoms with E-state index in [1.54, 1.807) is 7.11 Å². The summed E-state index contributed by atoms with van der Waals surface area (Å²) in [7, 11) is 1.73. The Labute approximate surface area is 117 Å². The molecule has 2 heteroatoms. The zero-order valence-corrected chi connectivity index (χ0v) is 12.5. The fourth-order valence-electron chi connectivity index (χ4n) is 3.13. The highest BCUT2D eigenvalue weighted by Gasteiger charge is 2.26. The van der Waals surface area contributed by atoms with Crippen LogP contribution in [0.15, 0.2) is 24.3 Å². The van der Waals surface area contributed by atoms with Crippen LogP contribution in [0.1, 0.15) is 51.0 Å². The van der Waals surface area contributed by atoms with Crippen molar-refractivity contribution in [3.05, 3.63) is 29.8 Å². The van der Waals surface area contributed by atoms with Gasteiger partial charge in [0.15, 0.2) is 0 Å². The first-order chi connectivity index (χ1) is 9.20. The van der Waals surface area contributed by atoms with Crippen LogP contribution in [0.3, 0.4) is 0 Å². The lowest BCUT2D eigenvalue weighted by Gasteiger charge is -2.33. The van der Waals surface area contributed by atoms with Gasteiger partial charge in [0.05, 0.1) is 7.11 Å². The van der Waals surface area contributed by atoms with Gasteiger partial charge in [-0.3, -0.25) is 0 Å². The maximum Gasteiger partial charge on any atom is 0.118 e. The Morgan fingerprint density at radius 1 is 1.16 bits per heavy atom. The van der Waals surface area contributed by atoms with Gasteiger partial charge in [-0.25, -0.2) is 0 Å². The van der Waals surface area contributed by atoms with Gasteiger partial charge in [0.25, 0.3) is 0 Å². The van der Waals surface area contributed by atoms with E-state index in [4.69, 9.17) is 4.74 Å². The second kappa shape index (κ2) is 6.95. The lowest BCUT2D eigenvalue weighted by atomic mass is 9.75. The van der Waals surface area contributed by atoms with Crippen molar-refractivity contribution in [2.75, 3.05) is 13.7 Å². The molecule has 2 unspecified atom stereocenters. The third kappa shape index (κ3) is 3.97. The van der Waals surface area contributed by atoms with Gasteiger partial charge in [0.1, 0.15) is 5.75 Å². The molecule has 1 saturated carbocycles. The number of benzene rings is 1. The molecule has 1 fully saturated rings. The number of methoxy groups -OCH3 is 1. The van der Waals surface area contributed by atoms with Crippen LogP contribution in [0, 0.1) is 5.92 Å². The van der Waals surface area contributed by atoms with Crippen molar-refractivity contribution in [3.63, 3.8) is 0 Å². The maximum atomic E-state index is 5.25. The van der Waals surface area contributed by atoms with Crippen LogP contribution in [0.5, 0.6) is 5.75 Å². The van der Waals surface area contributed by atoms with Crippen LogP contribution in [0.4, 0.5) is 0 Å². The van der Waals surface area contributed by atoms with E-state index in [1.807, 2.05) is 0 Å². The third-order valence-corrected chi connectivity index (χ3v) is 4.24. The van der Waals surface area contributed by atoms with Crippen LogP contribution < -0.4 is 10.1 Å². The van der Waals surface area contributed by atoms with Crippen molar-refractivity contribution in [3.8, 4) is 5.75 Å². The van der Waals surface area contributed by atoms with Crippen LogP contribution in [0.25, 0.3) is 0 Å². The van der Waals surface area contributed by atoms with Crippen molar-refractivity contribution in [1.29, 1.82) is 0 Å². The summed E-state index contributed by atoms with van der Waals surface area (Å²) < 4.78 is 5.25. The summed E-state index contributed by atoms with van der Waals surface area (Å²) in [5.74, 6) is 2.45. The van der Waals surface area contributed by atoms with E-state index < -0.39 is 0 Å². The largest absolute Gasteiger partial charge is 0.497 e. The Balaban J connectivity index is 2.04. The van der Waals surface area contributed by atoms with E-state index in [0.29, 0.717) is 12.0 Å². The van der Waals surface area contributed by atoms with Crippen molar-refractivity contribution in [2.24, 2.45) is 5.92 Å². The Hall–Kier alpha value is -1.02. The zero-order chi connectivity index (χ0) is 13.7. The lowest BCUT2D eigenvalue weighted by molar-refractivity contribution is 0.289. The van der Waals surface area contributed by atoms with Crippen molar-refractivity contribution >= 4 is 0 Å². The first-order valence-corrected chi connectivity index (χ1v) is 7.58. The molecule has 1 aliphatic rings. The topological polar surface area (TPSA) is 21.3 Å². The van der Waals surface area contributed by atoms with Crippen molar-refractivity contribution in [2.45, 2.75) is 51.5 Å². The first kappa shape index (κ1) is 14.4. The quantitative estimate of drug-likeness (QED) is 0.866. The van der Waals surface area contributed by atoms with Gasteiger partial charge in [-0.2, -0.15) is 0 Å². The van der Waals surface area contributed by atoms with Crippen molar-refractivity contribution < 1.29 is 4.74 Å². The standard InChI is InChI=1S/C17H27NO/c1-13(2)18-12-15-6-4-5-7-17(15)14-8-10-16(19-3)11-9-14/h8-11,13,15,17-18H,4-7,12H2,1-3H3. The Kier molecular flexibility index (Phi) is 5.26. The van der Waals surface area contributed by atoms with Gasteiger partial charge in [-0.1, -0.05) is 38.8 Å². The molecular weight excluding hydrogens is 234 g/mol. The summed E-state index contributed by atoms with van der Waals surface area (Å²) in [5, 5.41) is 3.61. The SMILES string of the molecule is COc1ccc(C2CCCCC2CNC(C)C)cc1. The van der Waals surface area contributed by atoms with Gasteiger partial charge in [-0.15, -0.1) is 0 Å². The molecular formula is C17H27NO. The molecule has 2 atom stereocenters. The molecule has 1 aromatic rings. The smallest absolute Gasteiger partial charge is 0.118 e. The zero-order valence-electron chi connectivity index (χ0n) is 12.5. The molecule has 1 aromatic carbocycles. The minimum absolute atomic E-state index is 0.582. The first-order valence-electron chi connectivity index (χ1n) is 7.58. The van der Waals surface area contributed by atoms with Gasteiger partial charge in [-0.05, 0) is 48.9 Å². The minimum atomic E-state index is 0.582. The molecule has 106 valence electrons. The highest BCUT2D eigenvalue weighted by Crippen LogP contribution is 2.37. The number of nitrogens with one attached hydrogen (secondary N) is 1. The molecule has 19 heavy (non-hydrogen) atoms. The fourth-order valence-corrected chi connectivity index (χ4v) is 3.13. The van der Waals surface area contributed by atoms with Crippen LogP contribution in [0.2, 0.25) is 0 Å². The molecule has 0 amide bonds. The molecule has 2 nitrogen and oxygen atoms in total. The summed E-state index contributed by atoms with van der Waals surface area (Å²) in [6.45, 7) is 5.60. The molecule has 0 saturated heterocycles. The molecule has 1 N–H and O–H groups in total. The normalized spacial score (nSPS) is 23.6. The van der Waals surface area contributed by atoms with E-state index in [2.05, 4.69) is 43.4 Å². The molecule has 0 aliphatic heterocycles. The molecule has 0 heterocycles. The number of ether oxygens (including phenoxy) is 1. The van der Waals surface area contributed by atoms with Gasteiger partial charge in [0, 0.05) is 6.04 Å². The van der Waals surface area contributed by atoms with Crippen LogP contribution in [-0.4, -0.2) is 19.7 Å². The van der Waals surface area contributed by atoms with E-state index in [9.17, 15) is 0 Å². The van der Waals surface area contributed by atoms with Gasteiger partial charge < -0.3 is 10.1 Å². The predicted molar refractivity (Wildman–Crippen MR) is 80.8 cm³/mol. The molecule has 0 spiro atoms. The van der Waals surface area contributed by atoms with Crippen molar-refractivity contribution in [1.82, 2.24) is 5.32 Å². The predicted octanol–water partition coefficient (Wildman–Crippen LogP) is 3.97. The number of hydrogen-bond donors (Lipinski definition) is 1. The monoisotopic (exact) mass is 261 g/mol. The second-order valence-corrected chi connectivity index (χ2v) is 5.99. The van der Waals surface area contributed by atoms with E-state index in [-0.39, 0.29) is 0 Å². The summed E-state index contributed by atoms with van der Waals surface area (Å²) in [6, 6.07) is 9.26. The summed E-state index contributed by atoms with van der Waals surface area (Å²) in [5.41, 5.74) is 1.48. The Morgan fingerprint density at radius 3 is 2.47 bits per heavy atom. The maximum absolute atomic E-state index is 5.25. The van der Waals surface area contributed by atoms with E-state index in [0.717, 1.165) is 18.2 Å². The Bertz CT molecular complexity index is 371. The average molecular weight is 261 g/mol. The highest BCUT2D eigenvalue weighted by molar-refractivity contribution is 5.30. The van der Waals surface area contributed by atoms with Gasteiger partial charge in [0.2, 0.25) is 0 Å². The lowest BCUT2D eigenvalue weighted by Crippen LogP contribution is -2.33. The van der Waals surface area contributed by atoms with E-state index in [1.165, 1.54) is 31.2 Å².